The summed E-state index contributed by atoms with van der Waals surface area (Å²) in [5.41, 5.74) is -0.826. The van der Waals surface area contributed by atoms with Crippen molar-refractivity contribution in [2.75, 3.05) is 6.54 Å². The van der Waals surface area contributed by atoms with Crippen molar-refractivity contribution >= 4 is 5.91 Å². The lowest BCUT2D eigenvalue weighted by Crippen LogP contribution is -2.41. The Kier molecular flexibility index (Phi) is 6.00. The first-order valence-electron chi connectivity index (χ1n) is 5.75. The van der Waals surface area contributed by atoms with Crippen LogP contribution in [0.5, 0.6) is 0 Å². The van der Waals surface area contributed by atoms with Crippen LogP contribution < -0.4 is 5.32 Å². The number of amides is 1. The Hall–Kier alpha value is -1.04. The van der Waals surface area contributed by atoms with E-state index in [1.165, 1.54) is 0 Å². The fraction of sp³-hybridized carbons (Fsp3) is 0.833. The molecule has 86 valence electrons. The fourth-order valence-electron chi connectivity index (χ4n) is 1.36. The minimum absolute atomic E-state index is 0.115. The normalized spacial score (nSPS) is 13.0. The third kappa shape index (κ3) is 3.54. The first kappa shape index (κ1) is 14.0. The van der Waals surface area contributed by atoms with Gasteiger partial charge in [-0.15, -0.1) is 0 Å². The highest BCUT2D eigenvalue weighted by molar-refractivity contribution is 5.85. The monoisotopic (exact) mass is 210 g/mol. The van der Waals surface area contributed by atoms with Gasteiger partial charge in [-0.1, -0.05) is 34.1 Å². The third-order valence-corrected chi connectivity index (χ3v) is 3.16. The van der Waals surface area contributed by atoms with Gasteiger partial charge in [-0.05, 0) is 18.8 Å². The van der Waals surface area contributed by atoms with Gasteiger partial charge >= 0.3 is 0 Å². The van der Waals surface area contributed by atoms with E-state index in [0.717, 1.165) is 6.42 Å². The predicted molar refractivity (Wildman–Crippen MR) is 61.1 cm³/mol. The van der Waals surface area contributed by atoms with Crippen LogP contribution in [0.3, 0.4) is 0 Å². The van der Waals surface area contributed by atoms with Crippen molar-refractivity contribution in [3.05, 3.63) is 0 Å². The van der Waals surface area contributed by atoms with Crippen LogP contribution in [0.4, 0.5) is 0 Å². The summed E-state index contributed by atoms with van der Waals surface area (Å²) in [6, 6.07) is 2.14. The van der Waals surface area contributed by atoms with E-state index in [1.807, 2.05) is 13.8 Å². The third-order valence-electron chi connectivity index (χ3n) is 3.16. The summed E-state index contributed by atoms with van der Waals surface area (Å²) >= 11 is 0. The molecule has 0 fully saturated rings. The van der Waals surface area contributed by atoms with Crippen molar-refractivity contribution < 1.29 is 4.79 Å². The molecule has 0 bridgehead atoms. The van der Waals surface area contributed by atoms with Crippen LogP contribution in [-0.2, 0) is 4.79 Å². The number of carbonyl (C=O) groups is 1. The minimum Gasteiger partial charge on any atom is -0.354 e. The van der Waals surface area contributed by atoms with Gasteiger partial charge in [0.1, 0.15) is 5.41 Å². The van der Waals surface area contributed by atoms with E-state index in [4.69, 9.17) is 5.26 Å². The van der Waals surface area contributed by atoms with Crippen molar-refractivity contribution in [2.45, 2.75) is 47.0 Å². The number of nitrogens with one attached hydrogen (secondary N) is 1. The Bertz CT molecular complexity index is 238. The number of hydrogen-bond donors (Lipinski definition) is 1. The molecule has 1 amide bonds. The van der Waals surface area contributed by atoms with Crippen LogP contribution >= 0.6 is 0 Å². The fourth-order valence-corrected chi connectivity index (χ4v) is 1.36. The van der Waals surface area contributed by atoms with Crippen LogP contribution in [0.1, 0.15) is 47.0 Å². The van der Waals surface area contributed by atoms with E-state index >= 15 is 0 Å². The smallest absolute Gasteiger partial charge is 0.240 e. The van der Waals surface area contributed by atoms with Crippen LogP contribution in [0, 0.1) is 22.7 Å². The summed E-state index contributed by atoms with van der Waals surface area (Å²) in [4.78, 5) is 11.8. The predicted octanol–water partition coefficient (Wildman–Crippen LogP) is 2.48. The molecule has 0 saturated carbocycles. The van der Waals surface area contributed by atoms with Gasteiger partial charge in [0, 0.05) is 6.54 Å². The van der Waals surface area contributed by atoms with Gasteiger partial charge in [-0.2, -0.15) is 5.26 Å². The zero-order chi connectivity index (χ0) is 11.9. The van der Waals surface area contributed by atoms with Gasteiger partial charge in [-0.3, -0.25) is 4.79 Å². The highest BCUT2D eigenvalue weighted by Gasteiger charge is 2.34. The second-order valence-corrected chi connectivity index (χ2v) is 4.12. The van der Waals surface area contributed by atoms with Crippen molar-refractivity contribution in [2.24, 2.45) is 11.3 Å². The van der Waals surface area contributed by atoms with Crippen molar-refractivity contribution in [1.82, 2.24) is 5.32 Å². The average Bonchev–Trinajstić information content (AvgIpc) is 2.28. The molecular formula is C12H22N2O. The van der Waals surface area contributed by atoms with Gasteiger partial charge in [0.25, 0.3) is 0 Å². The maximum Gasteiger partial charge on any atom is 0.240 e. The van der Waals surface area contributed by atoms with Crippen LogP contribution in [0.15, 0.2) is 0 Å². The summed E-state index contributed by atoms with van der Waals surface area (Å²) in [5, 5.41) is 11.9. The maximum absolute atomic E-state index is 11.8. The second-order valence-electron chi connectivity index (χ2n) is 4.12. The summed E-state index contributed by atoms with van der Waals surface area (Å²) in [6.07, 6.45) is 2.19. The Labute approximate surface area is 92.9 Å². The molecule has 0 aliphatic rings. The van der Waals surface area contributed by atoms with Gasteiger partial charge in [0.15, 0.2) is 0 Å². The molecule has 1 N–H and O–H groups in total. The molecule has 0 aliphatic heterocycles. The van der Waals surface area contributed by atoms with Gasteiger partial charge < -0.3 is 5.32 Å². The standard InChI is InChI=1S/C12H22N2O/c1-5-10(4)8-14-11(15)12(6-2,7-3)9-13/h10H,5-8H2,1-4H3,(H,14,15). The van der Waals surface area contributed by atoms with Crippen LogP contribution in [-0.4, -0.2) is 12.5 Å². The Morgan fingerprint density at radius 2 is 1.93 bits per heavy atom. The SMILES string of the molecule is CCC(C)CNC(=O)C(C#N)(CC)CC. The summed E-state index contributed by atoms with van der Waals surface area (Å²) < 4.78 is 0. The molecule has 0 heterocycles. The minimum atomic E-state index is -0.826. The number of rotatable bonds is 6. The zero-order valence-corrected chi connectivity index (χ0v) is 10.3. The van der Waals surface area contributed by atoms with E-state index in [1.54, 1.807) is 0 Å². The molecule has 1 atom stereocenters. The van der Waals surface area contributed by atoms with Crippen molar-refractivity contribution in [3.63, 3.8) is 0 Å². The average molecular weight is 210 g/mol. The molecule has 0 rings (SSSR count). The lowest BCUT2D eigenvalue weighted by Gasteiger charge is -2.23. The van der Waals surface area contributed by atoms with Crippen LogP contribution in [0.25, 0.3) is 0 Å². The van der Waals surface area contributed by atoms with E-state index in [2.05, 4.69) is 25.2 Å². The van der Waals surface area contributed by atoms with Gasteiger partial charge in [0.2, 0.25) is 5.91 Å². The number of nitrogens with zero attached hydrogens (tertiary/aromatic N) is 1. The van der Waals surface area contributed by atoms with Crippen molar-refractivity contribution in [3.8, 4) is 6.07 Å². The molecule has 0 aliphatic carbocycles. The summed E-state index contributed by atoms with van der Waals surface area (Å²) in [5.74, 6) is 0.356. The summed E-state index contributed by atoms with van der Waals surface area (Å²) in [6.45, 7) is 8.62. The van der Waals surface area contributed by atoms with E-state index in [0.29, 0.717) is 25.3 Å². The highest BCUT2D eigenvalue weighted by Crippen LogP contribution is 2.25. The molecule has 3 nitrogen and oxygen atoms in total. The molecule has 0 spiro atoms. The molecule has 0 saturated heterocycles. The number of nitriles is 1. The van der Waals surface area contributed by atoms with E-state index < -0.39 is 5.41 Å². The molecule has 0 radical (unpaired) electrons. The van der Waals surface area contributed by atoms with Gasteiger partial charge in [0.05, 0.1) is 6.07 Å². The summed E-state index contributed by atoms with van der Waals surface area (Å²) in [7, 11) is 0. The molecule has 3 heteroatoms. The Morgan fingerprint density at radius 1 is 1.40 bits per heavy atom. The van der Waals surface area contributed by atoms with E-state index in [9.17, 15) is 4.79 Å². The van der Waals surface area contributed by atoms with Crippen LogP contribution in [0.2, 0.25) is 0 Å². The largest absolute Gasteiger partial charge is 0.354 e. The lowest BCUT2D eigenvalue weighted by molar-refractivity contribution is -0.128. The second kappa shape index (κ2) is 6.44. The quantitative estimate of drug-likeness (QED) is 0.732. The number of carbonyl (C=O) groups excluding carboxylic acids is 1. The molecule has 0 aromatic heterocycles. The Morgan fingerprint density at radius 3 is 2.27 bits per heavy atom. The highest BCUT2D eigenvalue weighted by atomic mass is 16.2. The molecule has 1 unspecified atom stereocenters. The molecular weight excluding hydrogens is 188 g/mol. The Balaban J connectivity index is 4.36. The maximum atomic E-state index is 11.8. The molecule has 0 aromatic rings. The number of hydrogen-bond acceptors (Lipinski definition) is 2. The topological polar surface area (TPSA) is 52.9 Å². The molecule has 0 aromatic carbocycles. The van der Waals surface area contributed by atoms with Gasteiger partial charge in [-0.25, -0.2) is 0 Å². The molecule has 15 heavy (non-hydrogen) atoms. The lowest BCUT2D eigenvalue weighted by atomic mass is 9.83. The zero-order valence-electron chi connectivity index (χ0n) is 10.3. The first-order valence-corrected chi connectivity index (χ1v) is 5.75. The first-order chi connectivity index (χ1) is 7.06. The van der Waals surface area contributed by atoms with E-state index in [-0.39, 0.29) is 5.91 Å². The van der Waals surface area contributed by atoms with Crippen molar-refractivity contribution in [1.29, 1.82) is 5.26 Å².